The maximum Gasteiger partial charge on any atom is 0.325 e. The molecule has 2 aromatic rings. The highest BCUT2D eigenvalue weighted by atomic mass is 35.5. The van der Waals surface area contributed by atoms with E-state index in [9.17, 15) is 9.59 Å². The fraction of sp³-hybridized carbons (Fsp3) is 0.167. The third-order valence-electron chi connectivity index (χ3n) is 2.42. The summed E-state index contributed by atoms with van der Waals surface area (Å²) in [6.45, 7) is 1.49. The lowest BCUT2D eigenvalue weighted by Gasteiger charge is -2.04. The number of amides is 1. The number of carbonyl (C=O) groups excluding carboxylic acids is 1. The van der Waals surface area contributed by atoms with Crippen LogP contribution in [0.25, 0.3) is 0 Å². The van der Waals surface area contributed by atoms with Crippen LogP contribution in [0.4, 0.5) is 5.69 Å². The number of hydrogen-bond acceptors (Lipinski definition) is 4. The maximum absolute atomic E-state index is 12.0. The third kappa shape index (κ3) is 3.33. The number of nitrogens with zero attached hydrogens (tertiary/aromatic N) is 3. The summed E-state index contributed by atoms with van der Waals surface area (Å²) in [7, 11) is 0. The van der Waals surface area contributed by atoms with Crippen LogP contribution in [0, 0.1) is 6.92 Å². The van der Waals surface area contributed by atoms with E-state index in [1.165, 1.54) is 23.3 Å². The Morgan fingerprint density at radius 3 is 2.85 bits per heavy atom. The normalized spacial score (nSPS) is 10.3. The number of rotatable bonds is 4. The average molecular weight is 295 g/mol. The molecular formula is C12H11ClN4O3. The molecule has 2 aromatic heterocycles. The van der Waals surface area contributed by atoms with Crippen LogP contribution in [0.2, 0.25) is 5.02 Å². The quantitative estimate of drug-likeness (QED) is 0.892. The van der Waals surface area contributed by atoms with Gasteiger partial charge in [-0.1, -0.05) is 11.6 Å². The summed E-state index contributed by atoms with van der Waals surface area (Å²) in [6.07, 6.45) is 4.16. The maximum atomic E-state index is 12.0. The highest BCUT2D eigenvalue weighted by Gasteiger charge is 2.12. The molecule has 0 spiro atoms. The van der Waals surface area contributed by atoms with E-state index in [1.807, 2.05) is 0 Å². The summed E-state index contributed by atoms with van der Waals surface area (Å²) in [4.78, 5) is 26.5. The lowest BCUT2D eigenvalue weighted by atomic mass is 10.2. The molecule has 20 heavy (non-hydrogen) atoms. The van der Waals surface area contributed by atoms with Crippen LogP contribution in [0.15, 0.2) is 24.7 Å². The molecule has 8 heteroatoms. The summed E-state index contributed by atoms with van der Waals surface area (Å²) in [5.74, 6) is -1.45. The number of anilines is 1. The molecule has 2 heterocycles. The molecule has 0 aromatic carbocycles. The predicted octanol–water partition coefficient (Wildman–Crippen LogP) is 1.58. The minimum absolute atomic E-state index is 0.239. The molecule has 0 aliphatic heterocycles. The summed E-state index contributed by atoms with van der Waals surface area (Å²) >= 11 is 5.97. The van der Waals surface area contributed by atoms with Gasteiger partial charge < -0.3 is 10.4 Å². The second-order valence-electron chi connectivity index (χ2n) is 4.08. The van der Waals surface area contributed by atoms with Crippen LogP contribution in [0.1, 0.15) is 16.1 Å². The first-order valence-corrected chi connectivity index (χ1v) is 6.01. The highest BCUT2D eigenvalue weighted by Crippen LogP contribution is 2.17. The van der Waals surface area contributed by atoms with E-state index >= 15 is 0 Å². The van der Waals surface area contributed by atoms with E-state index in [0.29, 0.717) is 16.4 Å². The smallest absolute Gasteiger partial charge is 0.325 e. The topological polar surface area (TPSA) is 97.1 Å². The number of halogens is 1. The Bertz CT molecular complexity index is 668. The van der Waals surface area contributed by atoms with Crippen LogP contribution in [-0.4, -0.2) is 31.7 Å². The van der Waals surface area contributed by atoms with Crippen molar-refractivity contribution < 1.29 is 14.7 Å². The number of carboxylic acid groups (broad SMARTS) is 1. The molecule has 0 fully saturated rings. The second kappa shape index (κ2) is 5.70. The molecule has 2 N–H and O–H groups in total. The molecule has 2 rings (SSSR count). The van der Waals surface area contributed by atoms with Gasteiger partial charge in [-0.25, -0.2) is 0 Å². The number of nitrogens with one attached hydrogen (secondary N) is 1. The molecule has 1 amide bonds. The minimum Gasteiger partial charge on any atom is -0.480 e. The highest BCUT2D eigenvalue weighted by molar-refractivity contribution is 6.34. The van der Waals surface area contributed by atoms with E-state index < -0.39 is 11.9 Å². The van der Waals surface area contributed by atoms with Gasteiger partial charge >= 0.3 is 5.97 Å². The zero-order valence-corrected chi connectivity index (χ0v) is 11.3. The van der Waals surface area contributed by atoms with Crippen molar-refractivity contribution in [3.8, 4) is 0 Å². The van der Waals surface area contributed by atoms with Crippen molar-refractivity contribution in [3.05, 3.63) is 40.9 Å². The fourth-order valence-corrected chi connectivity index (χ4v) is 1.84. The van der Waals surface area contributed by atoms with Crippen molar-refractivity contribution >= 4 is 29.2 Å². The number of aromatic nitrogens is 3. The molecular weight excluding hydrogens is 284 g/mol. The number of aliphatic carboxylic acids is 1. The fourth-order valence-electron chi connectivity index (χ4n) is 1.55. The van der Waals surface area contributed by atoms with Crippen molar-refractivity contribution in [1.29, 1.82) is 0 Å². The van der Waals surface area contributed by atoms with E-state index in [-0.39, 0.29) is 12.1 Å². The predicted molar refractivity (Wildman–Crippen MR) is 71.8 cm³/mol. The molecule has 0 unspecified atom stereocenters. The zero-order valence-electron chi connectivity index (χ0n) is 10.5. The molecule has 0 aliphatic rings. The van der Waals surface area contributed by atoms with Crippen LogP contribution >= 0.6 is 11.6 Å². The van der Waals surface area contributed by atoms with Gasteiger partial charge in [0.25, 0.3) is 5.91 Å². The lowest BCUT2D eigenvalue weighted by molar-refractivity contribution is -0.137. The van der Waals surface area contributed by atoms with Crippen LogP contribution in [-0.2, 0) is 11.3 Å². The standard InChI is InChI=1S/C12H11ClN4O3/c1-7-2-10(13)9(4-14-7)12(20)16-8-3-15-17(5-8)6-11(18)19/h2-5H,6H2,1H3,(H,16,20)(H,18,19). The average Bonchev–Trinajstić information content (AvgIpc) is 2.75. The lowest BCUT2D eigenvalue weighted by Crippen LogP contribution is -2.13. The van der Waals surface area contributed by atoms with Gasteiger partial charge in [0.05, 0.1) is 22.5 Å². The van der Waals surface area contributed by atoms with Crippen molar-refractivity contribution in [1.82, 2.24) is 14.8 Å². The Balaban J connectivity index is 2.11. The van der Waals surface area contributed by atoms with Gasteiger partial charge in [-0.2, -0.15) is 5.10 Å². The molecule has 0 bridgehead atoms. The number of aryl methyl sites for hydroxylation is 1. The monoisotopic (exact) mass is 294 g/mol. The van der Waals surface area contributed by atoms with Crippen molar-refractivity contribution in [3.63, 3.8) is 0 Å². The Morgan fingerprint density at radius 2 is 2.20 bits per heavy atom. The van der Waals surface area contributed by atoms with Gasteiger partial charge in [0.15, 0.2) is 0 Å². The summed E-state index contributed by atoms with van der Waals surface area (Å²) in [5.41, 5.74) is 1.33. The summed E-state index contributed by atoms with van der Waals surface area (Å²) in [5, 5.41) is 15.3. The SMILES string of the molecule is Cc1cc(Cl)c(C(=O)Nc2cnn(CC(=O)O)c2)cn1. The van der Waals surface area contributed by atoms with Crippen molar-refractivity contribution in [2.75, 3.05) is 5.32 Å². The summed E-state index contributed by atoms with van der Waals surface area (Å²) < 4.78 is 1.20. The Morgan fingerprint density at radius 1 is 1.45 bits per heavy atom. The van der Waals surface area contributed by atoms with Gasteiger partial charge in [-0.15, -0.1) is 0 Å². The van der Waals surface area contributed by atoms with Gasteiger partial charge in [0, 0.05) is 18.1 Å². The van der Waals surface area contributed by atoms with Gasteiger partial charge in [0.1, 0.15) is 6.54 Å². The first kappa shape index (κ1) is 14.0. The van der Waals surface area contributed by atoms with Crippen molar-refractivity contribution in [2.24, 2.45) is 0 Å². The molecule has 0 radical (unpaired) electrons. The first-order valence-electron chi connectivity index (χ1n) is 5.63. The molecule has 104 valence electrons. The number of pyridine rings is 1. The largest absolute Gasteiger partial charge is 0.480 e. The molecule has 7 nitrogen and oxygen atoms in total. The minimum atomic E-state index is -1.02. The number of carbonyl (C=O) groups is 2. The summed E-state index contributed by atoms with van der Waals surface area (Å²) in [6, 6.07) is 1.59. The Labute approximate surface area is 119 Å². The number of hydrogen-bond donors (Lipinski definition) is 2. The van der Waals surface area contributed by atoms with E-state index in [2.05, 4.69) is 15.4 Å². The molecule has 0 aliphatic carbocycles. The van der Waals surface area contributed by atoms with Gasteiger partial charge in [0.2, 0.25) is 0 Å². The molecule has 0 saturated carbocycles. The van der Waals surface area contributed by atoms with E-state index in [1.54, 1.807) is 13.0 Å². The van der Waals surface area contributed by atoms with E-state index in [4.69, 9.17) is 16.7 Å². The second-order valence-corrected chi connectivity index (χ2v) is 4.49. The van der Waals surface area contributed by atoms with Crippen LogP contribution in [0.3, 0.4) is 0 Å². The van der Waals surface area contributed by atoms with Gasteiger partial charge in [-0.05, 0) is 13.0 Å². The zero-order chi connectivity index (χ0) is 14.7. The molecule has 0 atom stereocenters. The van der Waals surface area contributed by atoms with Crippen LogP contribution < -0.4 is 5.32 Å². The third-order valence-corrected chi connectivity index (χ3v) is 2.74. The van der Waals surface area contributed by atoms with Crippen LogP contribution in [0.5, 0.6) is 0 Å². The molecule has 0 saturated heterocycles. The first-order chi connectivity index (χ1) is 9.45. The van der Waals surface area contributed by atoms with Crippen molar-refractivity contribution in [2.45, 2.75) is 13.5 Å². The Hall–Kier alpha value is -2.41. The number of carboxylic acids is 1. The van der Waals surface area contributed by atoms with E-state index in [0.717, 1.165) is 0 Å². The Kier molecular flexibility index (Phi) is 3.99. The van der Waals surface area contributed by atoms with Gasteiger partial charge in [-0.3, -0.25) is 19.3 Å².